The Bertz CT molecular complexity index is 745. The quantitative estimate of drug-likeness (QED) is 0.819. The molecule has 2 rings (SSSR count). The maximum atomic E-state index is 12.9. The van der Waals surface area contributed by atoms with E-state index in [2.05, 4.69) is 15.0 Å². The molecule has 23 heavy (non-hydrogen) atoms. The summed E-state index contributed by atoms with van der Waals surface area (Å²) in [6.45, 7) is -0.195. The number of alkyl halides is 3. The Morgan fingerprint density at radius 2 is 2.17 bits per heavy atom. The minimum absolute atomic E-state index is 0.0428. The number of fused-ring (bicyclic) bond motifs is 1. The van der Waals surface area contributed by atoms with Crippen LogP contribution in [-0.4, -0.2) is 36.6 Å². The van der Waals surface area contributed by atoms with E-state index in [0.29, 0.717) is 11.3 Å². The number of pyridine rings is 1. The number of hydrogen-bond acceptors (Lipinski definition) is 6. The van der Waals surface area contributed by atoms with E-state index in [0.717, 1.165) is 19.4 Å². The number of nitrogens with two attached hydrogens (primary N) is 1. The van der Waals surface area contributed by atoms with Crippen molar-refractivity contribution in [2.75, 3.05) is 13.7 Å². The molecule has 0 aliphatic heterocycles. The topological polar surface area (TPSA) is 94.3 Å². The molecule has 1 amide bonds. The monoisotopic (exact) mass is 347 g/mol. The first-order chi connectivity index (χ1) is 10.7. The van der Waals surface area contributed by atoms with Crippen molar-refractivity contribution in [3.8, 4) is 0 Å². The Balaban J connectivity index is 2.21. The van der Waals surface area contributed by atoms with E-state index in [1.807, 2.05) is 0 Å². The Morgan fingerprint density at radius 1 is 1.48 bits per heavy atom. The van der Waals surface area contributed by atoms with Crippen molar-refractivity contribution in [3.05, 3.63) is 28.8 Å². The van der Waals surface area contributed by atoms with Crippen molar-refractivity contribution in [2.24, 2.45) is 5.73 Å². The van der Waals surface area contributed by atoms with Gasteiger partial charge in [0.1, 0.15) is 6.04 Å². The molecule has 2 aromatic rings. The molecule has 0 bridgehead atoms. The fraction of sp³-hybridized carbons (Fsp3) is 0.308. The van der Waals surface area contributed by atoms with Gasteiger partial charge in [-0.1, -0.05) is 0 Å². The predicted molar refractivity (Wildman–Crippen MR) is 76.9 cm³/mol. The highest BCUT2D eigenvalue weighted by Crippen LogP contribution is 2.37. The minimum Gasteiger partial charge on any atom is -0.468 e. The van der Waals surface area contributed by atoms with Crippen molar-refractivity contribution in [2.45, 2.75) is 12.2 Å². The minimum atomic E-state index is -4.53. The van der Waals surface area contributed by atoms with Crippen LogP contribution in [0.25, 0.3) is 10.2 Å². The van der Waals surface area contributed by atoms with Gasteiger partial charge in [-0.2, -0.15) is 13.2 Å². The number of carbonyl (C=O) groups is 2. The largest absolute Gasteiger partial charge is 0.468 e. The molecule has 0 saturated carbocycles. The second-order valence-corrected chi connectivity index (χ2v) is 5.57. The third-order valence-corrected chi connectivity index (χ3v) is 4.08. The molecular weight excluding hydrogens is 335 g/mol. The van der Waals surface area contributed by atoms with Crippen LogP contribution in [0.2, 0.25) is 0 Å². The van der Waals surface area contributed by atoms with Crippen molar-refractivity contribution in [3.63, 3.8) is 0 Å². The van der Waals surface area contributed by atoms with E-state index in [9.17, 15) is 22.8 Å². The second-order valence-electron chi connectivity index (χ2n) is 4.52. The molecule has 1 atom stereocenters. The maximum Gasteiger partial charge on any atom is 0.417 e. The van der Waals surface area contributed by atoms with E-state index in [1.165, 1.54) is 6.07 Å². The van der Waals surface area contributed by atoms with Gasteiger partial charge in [-0.15, -0.1) is 11.3 Å². The summed E-state index contributed by atoms with van der Waals surface area (Å²) in [6.07, 6.45) is -3.50. The summed E-state index contributed by atoms with van der Waals surface area (Å²) < 4.78 is 43.0. The van der Waals surface area contributed by atoms with Crippen LogP contribution in [0, 0.1) is 0 Å². The van der Waals surface area contributed by atoms with Gasteiger partial charge in [-0.05, 0) is 12.1 Å². The molecule has 0 fully saturated rings. The number of esters is 1. The van der Waals surface area contributed by atoms with Crippen LogP contribution in [0.4, 0.5) is 13.2 Å². The first-order valence-corrected chi connectivity index (χ1v) is 7.13. The third-order valence-electron chi connectivity index (χ3n) is 2.93. The number of ether oxygens (including phenoxy) is 1. The van der Waals surface area contributed by atoms with Crippen molar-refractivity contribution >= 4 is 33.4 Å². The van der Waals surface area contributed by atoms with E-state index in [1.54, 1.807) is 0 Å². The van der Waals surface area contributed by atoms with Gasteiger partial charge in [0, 0.05) is 12.7 Å². The van der Waals surface area contributed by atoms with Gasteiger partial charge >= 0.3 is 12.1 Å². The molecule has 0 aliphatic carbocycles. The van der Waals surface area contributed by atoms with Gasteiger partial charge < -0.3 is 15.8 Å². The number of aromatic nitrogens is 1. The van der Waals surface area contributed by atoms with Crippen LogP contribution in [0.3, 0.4) is 0 Å². The zero-order valence-corrected chi connectivity index (χ0v) is 12.6. The normalized spacial score (nSPS) is 12.9. The number of nitrogens with one attached hydrogen (secondary N) is 1. The van der Waals surface area contributed by atoms with Crippen molar-refractivity contribution in [1.29, 1.82) is 0 Å². The molecule has 124 valence electrons. The average molecular weight is 347 g/mol. The summed E-state index contributed by atoms with van der Waals surface area (Å²) in [5.74, 6) is -1.34. The summed E-state index contributed by atoms with van der Waals surface area (Å²) in [6, 6.07) is 1.06. The number of methoxy groups -OCH3 is 1. The third kappa shape index (κ3) is 3.77. The standard InChI is InChI=1S/C13H12F3N3O3S/c1-22-12(21)7(17)5-19-11(20)9-4-8-10(23-9)6(2-3-18-8)13(14,15)16/h2-4,7H,5,17H2,1H3,(H,19,20)/t7-/m1/s1. The number of rotatable bonds is 4. The molecule has 0 saturated heterocycles. The number of thiophene rings is 1. The highest BCUT2D eigenvalue weighted by atomic mass is 32.1. The Labute approximate surface area is 132 Å². The van der Waals surface area contributed by atoms with Gasteiger partial charge in [-0.25, -0.2) is 0 Å². The summed E-state index contributed by atoms with van der Waals surface area (Å²) in [7, 11) is 1.15. The van der Waals surface area contributed by atoms with Gasteiger partial charge in [0.05, 0.1) is 27.8 Å². The molecule has 2 heterocycles. The van der Waals surface area contributed by atoms with E-state index >= 15 is 0 Å². The molecule has 0 aromatic carbocycles. The maximum absolute atomic E-state index is 12.9. The van der Waals surface area contributed by atoms with Crippen LogP contribution in [-0.2, 0) is 15.7 Å². The Hall–Kier alpha value is -2.20. The fourth-order valence-corrected chi connectivity index (χ4v) is 2.86. The smallest absolute Gasteiger partial charge is 0.417 e. The molecule has 6 nitrogen and oxygen atoms in total. The lowest BCUT2D eigenvalue weighted by Crippen LogP contribution is -2.42. The lowest BCUT2D eigenvalue weighted by Gasteiger charge is -2.09. The molecule has 0 spiro atoms. The Kier molecular flexibility index (Phi) is 4.85. The average Bonchev–Trinajstić information content (AvgIpc) is 2.94. The first-order valence-electron chi connectivity index (χ1n) is 6.31. The summed E-state index contributed by atoms with van der Waals surface area (Å²) in [5, 5.41) is 2.37. The van der Waals surface area contributed by atoms with Crippen LogP contribution in [0.15, 0.2) is 18.3 Å². The second kappa shape index (κ2) is 6.50. The molecule has 2 aromatic heterocycles. The summed E-state index contributed by atoms with van der Waals surface area (Å²) in [4.78, 5) is 27.0. The van der Waals surface area contributed by atoms with Gasteiger partial charge in [-0.3, -0.25) is 14.6 Å². The highest BCUT2D eigenvalue weighted by molar-refractivity contribution is 7.21. The molecule has 0 aliphatic rings. The van der Waals surface area contributed by atoms with Gasteiger partial charge in [0.15, 0.2) is 0 Å². The first kappa shape index (κ1) is 17.2. The predicted octanol–water partition coefficient (Wildman–Crippen LogP) is 1.55. The molecule has 0 unspecified atom stereocenters. The van der Waals surface area contributed by atoms with Crippen molar-refractivity contribution < 1.29 is 27.5 Å². The molecule has 3 N–H and O–H groups in total. The van der Waals surface area contributed by atoms with Crippen LogP contribution in [0.5, 0.6) is 0 Å². The van der Waals surface area contributed by atoms with Crippen molar-refractivity contribution in [1.82, 2.24) is 10.3 Å². The molecule has 10 heteroatoms. The van der Waals surface area contributed by atoms with E-state index in [-0.39, 0.29) is 21.6 Å². The zero-order valence-electron chi connectivity index (χ0n) is 11.8. The van der Waals surface area contributed by atoms with Gasteiger partial charge in [0.25, 0.3) is 5.91 Å². The van der Waals surface area contributed by atoms with E-state index < -0.39 is 29.7 Å². The zero-order chi connectivity index (χ0) is 17.2. The van der Waals surface area contributed by atoms with Gasteiger partial charge in [0.2, 0.25) is 0 Å². The number of hydrogen-bond donors (Lipinski definition) is 2. The summed E-state index contributed by atoms with van der Waals surface area (Å²) in [5.41, 5.74) is 4.69. The molecule has 0 radical (unpaired) electrons. The number of halogens is 3. The number of amides is 1. The fourth-order valence-electron chi connectivity index (χ4n) is 1.80. The molecular formula is C13H12F3N3O3S. The summed E-state index contributed by atoms with van der Waals surface area (Å²) >= 11 is 0.673. The number of nitrogens with zero attached hydrogens (tertiary/aromatic N) is 1. The van der Waals surface area contributed by atoms with Crippen LogP contribution >= 0.6 is 11.3 Å². The van der Waals surface area contributed by atoms with Crippen LogP contribution in [0.1, 0.15) is 15.2 Å². The van der Waals surface area contributed by atoms with Crippen LogP contribution < -0.4 is 11.1 Å². The number of carbonyl (C=O) groups excluding carboxylic acids is 2. The SMILES string of the molecule is COC(=O)[C@H](N)CNC(=O)c1cc2nccc(C(F)(F)F)c2s1. The lowest BCUT2D eigenvalue weighted by molar-refractivity contribution is -0.142. The lowest BCUT2D eigenvalue weighted by atomic mass is 10.2. The Morgan fingerprint density at radius 3 is 2.78 bits per heavy atom. The highest BCUT2D eigenvalue weighted by Gasteiger charge is 2.33. The van der Waals surface area contributed by atoms with E-state index in [4.69, 9.17) is 5.73 Å².